The Kier molecular flexibility index (Phi) is 7.73. The van der Waals surface area contributed by atoms with E-state index >= 15 is 0 Å². The van der Waals surface area contributed by atoms with E-state index in [0.29, 0.717) is 37.7 Å². The van der Waals surface area contributed by atoms with Gasteiger partial charge in [0, 0.05) is 13.6 Å². The summed E-state index contributed by atoms with van der Waals surface area (Å²) in [5, 5.41) is 8.50. The van der Waals surface area contributed by atoms with E-state index in [9.17, 15) is 4.79 Å². The Morgan fingerprint density at radius 2 is 1.86 bits per heavy atom. The highest BCUT2D eigenvalue weighted by Gasteiger charge is 2.09. The summed E-state index contributed by atoms with van der Waals surface area (Å²) in [5.41, 5.74) is 0. The van der Waals surface area contributed by atoms with Gasteiger partial charge in [-0.1, -0.05) is 19.1 Å². The summed E-state index contributed by atoms with van der Waals surface area (Å²) in [4.78, 5) is 13.3. The maximum absolute atomic E-state index is 11.8. The van der Waals surface area contributed by atoms with Crippen molar-refractivity contribution in [2.45, 2.75) is 26.2 Å². The summed E-state index contributed by atoms with van der Waals surface area (Å²) in [7, 11) is 1.69. The molecule has 0 aliphatic heterocycles. The molecule has 0 aliphatic carbocycles. The summed E-state index contributed by atoms with van der Waals surface area (Å²) in [6, 6.07) is 9.46. The van der Waals surface area contributed by atoms with Crippen molar-refractivity contribution < 1.29 is 14.3 Å². The molecule has 0 spiro atoms. The zero-order valence-corrected chi connectivity index (χ0v) is 12.7. The Bertz CT molecular complexity index is 483. The smallest absolute Gasteiger partial charge is 0.225 e. The quantitative estimate of drug-likeness (QED) is 0.701. The normalized spacial score (nSPS) is 9.76. The Morgan fingerprint density at radius 1 is 1.24 bits per heavy atom. The average Bonchev–Trinajstić information content (AvgIpc) is 2.51. The lowest BCUT2D eigenvalue weighted by molar-refractivity contribution is -0.130. The van der Waals surface area contributed by atoms with Crippen LogP contribution in [-0.2, 0) is 4.79 Å². The molecule has 1 aromatic rings. The molecule has 5 heteroatoms. The molecule has 0 N–H and O–H groups in total. The number of hydrogen-bond donors (Lipinski definition) is 0. The molecule has 1 aromatic carbocycles. The first-order valence-corrected chi connectivity index (χ1v) is 7.14. The Labute approximate surface area is 126 Å². The minimum atomic E-state index is -0.0304. The molecule has 21 heavy (non-hydrogen) atoms. The van der Waals surface area contributed by atoms with E-state index in [-0.39, 0.29) is 12.3 Å². The highest BCUT2D eigenvalue weighted by atomic mass is 16.5. The van der Waals surface area contributed by atoms with Crippen LogP contribution in [0.1, 0.15) is 26.2 Å². The van der Waals surface area contributed by atoms with Crippen LogP contribution in [0.25, 0.3) is 0 Å². The van der Waals surface area contributed by atoms with E-state index in [0.717, 1.165) is 6.42 Å². The van der Waals surface area contributed by atoms with Gasteiger partial charge in [-0.2, -0.15) is 5.26 Å². The topological polar surface area (TPSA) is 62.6 Å². The van der Waals surface area contributed by atoms with Gasteiger partial charge in [-0.15, -0.1) is 0 Å². The van der Waals surface area contributed by atoms with E-state index in [1.54, 1.807) is 11.9 Å². The standard InChI is InChI=1S/C16H22N2O3/c1-3-12-20-14-7-4-5-8-15(14)21-13-9-16(19)18(2)11-6-10-17/h4-5,7-8H,3,6,9,11-13H2,1-2H3. The van der Waals surface area contributed by atoms with Gasteiger partial charge < -0.3 is 14.4 Å². The van der Waals surface area contributed by atoms with Gasteiger partial charge in [0.05, 0.1) is 32.1 Å². The molecule has 114 valence electrons. The maximum Gasteiger partial charge on any atom is 0.225 e. The van der Waals surface area contributed by atoms with E-state index < -0.39 is 0 Å². The van der Waals surface area contributed by atoms with Crippen LogP contribution in [0.5, 0.6) is 11.5 Å². The molecule has 1 amide bonds. The molecule has 0 bridgehead atoms. The lowest BCUT2D eigenvalue weighted by Gasteiger charge is -2.16. The van der Waals surface area contributed by atoms with Crippen LogP contribution in [0.4, 0.5) is 0 Å². The van der Waals surface area contributed by atoms with Crippen LogP contribution in [0.3, 0.4) is 0 Å². The van der Waals surface area contributed by atoms with Crippen molar-refractivity contribution in [3.63, 3.8) is 0 Å². The summed E-state index contributed by atoms with van der Waals surface area (Å²) in [5.74, 6) is 1.32. The second-order valence-corrected chi connectivity index (χ2v) is 4.62. The molecular formula is C16H22N2O3. The summed E-state index contributed by atoms with van der Waals surface area (Å²) >= 11 is 0. The van der Waals surface area contributed by atoms with Gasteiger partial charge in [0.1, 0.15) is 0 Å². The van der Waals surface area contributed by atoms with Gasteiger partial charge in [0.2, 0.25) is 5.91 Å². The number of para-hydroxylation sites is 2. The van der Waals surface area contributed by atoms with Gasteiger partial charge in [0.25, 0.3) is 0 Å². The van der Waals surface area contributed by atoms with Gasteiger partial charge >= 0.3 is 0 Å². The predicted octanol–water partition coefficient (Wildman–Crippen LogP) is 2.62. The van der Waals surface area contributed by atoms with Crippen molar-refractivity contribution in [3.8, 4) is 17.6 Å². The van der Waals surface area contributed by atoms with Crippen molar-refractivity contribution >= 4 is 5.91 Å². The molecule has 5 nitrogen and oxygen atoms in total. The van der Waals surface area contributed by atoms with E-state index in [2.05, 4.69) is 0 Å². The van der Waals surface area contributed by atoms with Crippen molar-refractivity contribution in [2.24, 2.45) is 0 Å². The number of rotatable bonds is 9. The highest BCUT2D eigenvalue weighted by Crippen LogP contribution is 2.26. The monoisotopic (exact) mass is 290 g/mol. The molecule has 0 radical (unpaired) electrons. The lowest BCUT2D eigenvalue weighted by Crippen LogP contribution is -2.28. The Balaban J connectivity index is 2.41. The predicted molar refractivity (Wildman–Crippen MR) is 80.2 cm³/mol. The first kappa shape index (κ1) is 16.8. The van der Waals surface area contributed by atoms with Crippen LogP contribution in [0.15, 0.2) is 24.3 Å². The second-order valence-electron chi connectivity index (χ2n) is 4.62. The molecule has 0 aromatic heterocycles. The third-order valence-corrected chi connectivity index (χ3v) is 2.87. The Hall–Kier alpha value is -2.22. The molecule has 1 rings (SSSR count). The Morgan fingerprint density at radius 3 is 2.43 bits per heavy atom. The number of benzene rings is 1. The zero-order valence-electron chi connectivity index (χ0n) is 12.7. The third kappa shape index (κ3) is 6.17. The average molecular weight is 290 g/mol. The fraction of sp³-hybridized carbons (Fsp3) is 0.500. The number of carbonyl (C=O) groups excluding carboxylic acids is 1. The van der Waals surface area contributed by atoms with Crippen LogP contribution in [-0.4, -0.2) is 37.6 Å². The number of ether oxygens (including phenoxy) is 2. The number of nitriles is 1. The van der Waals surface area contributed by atoms with Gasteiger partial charge in [-0.3, -0.25) is 4.79 Å². The molecule has 0 heterocycles. The molecule has 0 unspecified atom stereocenters. The largest absolute Gasteiger partial charge is 0.490 e. The number of carbonyl (C=O) groups is 1. The van der Waals surface area contributed by atoms with Crippen LogP contribution in [0, 0.1) is 11.3 Å². The van der Waals surface area contributed by atoms with Crippen LogP contribution < -0.4 is 9.47 Å². The molecule has 0 aliphatic rings. The van der Waals surface area contributed by atoms with E-state index in [1.165, 1.54) is 0 Å². The van der Waals surface area contributed by atoms with E-state index in [4.69, 9.17) is 14.7 Å². The fourth-order valence-corrected chi connectivity index (χ4v) is 1.68. The molecule has 0 fully saturated rings. The van der Waals surface area contributed by atoms with Crippen LogP contribution in [0.2, 0.25) is 0 Å². The van der Waals surface area contributed by atoms with Crippen molar-refractivity contribution in [2.75, 3.05) is 26.8 Å². The lowest BCUT2D eigenvalue weighted by atomic mass is 10.3. The van der Waals surface area contributed by atoms with E-state index in [1.807, 2.05) is 37.3 Å². The van der Waals surface area contributed by atoms with Crippen molar-refractivity contribution in [3.05, 3.63) is 24.3 Å². The minimum absolute atomic E-state index is 0.0304. The third-order valence-electron chi connectivity index (χ3n) is 2.87. The first-order chi connectivity index (χ1) is 10.2. The molecule has 0 saturated heterocycles. The fourth-order valence-electron chi connectivity index (χ4n) is 1.68. The summed E-state index contributed by atoms with van der Waals surface area (Å²) in [6.07, 6.45) is 1.55. The van der Waals surface area contributed by atoms with Gasteiger partial charge in [0.15, 0.2) is 11.5 Å². The molecule has 0 saturated carbocycles. The van der Waals surface area contributed by atoms with Crippen molar-refractivity contribution in [1.82, 2.24) is 4.90 Å². The zero-order chi connectivity index (χ0) is 15.5. The maximum atomic E-state index is 11.8. The summed E-state index contributed by atoms with van der Waals surface area (Å²) in [6.45, 7) is 3.42. The number of amides is 1. The highest BCUT2D eigenvalue weighted by molar-refractivity contribution is 5.76. The first-order valence-electron chi connectivity index (χ1n) is 7.14. The summed E-state index contributed by atoms with van der Waals surface area (Å²) < 4.78 is 11.2. The van der Waals surface area contributed by atoms with Crippen LogP contribution >= 0.6 is 0 Å². The van der Waals surface area contributed by atoms with Gasteiger partial charge in [-0.05, 0) is 18.6 Å². The molecule has 0 atom stereocenters. The second kappa shape index (κ2) is 9.65. The van der Waals surface area contributed by atoms with Crippen molar-refractivity contribution in [1.29, 1.82) is 5.26 Å². The number of hydrogen-bond acceptors (Lipinski definition) is 4. The number of nitrogens with zero attached hydrogens (tertiary/aromatic N) is 2. The van der Waals surface area contributed by atoms with Gasteiger partial charge in [-0.25, -0.2) is 0 Å². The SMILES string of the molecule is CCCOc1ccccc1OCCC(=O)N(C)CCC#N. The minimum Gasteiger partial charge on any atom is -0.490 e. The molecular weight excluding hydrogens is 268 g/mol.